The molecule has 19 heavy (non-hydrogen) atoms. The van der Waals surface area contributed by atoms with Gasteiger partial charge in [-0.1, -0.05) is 19.1 Å². The molecular formula is C15H20O4. The van der Waals surface area contributed by atoms with Crippen molar-refractivity contribution in [3.05, 3.63) is 23.3 Å². The van der Waals surface area contributed by atoms with Crippen LogP contribution in [0.5, 0.6) is 0 Å². The van der Waals surface area contributed by atoms with Crippen molar-refractivity contribution in [3.8, 4) is 0 Å². The number of fused-ring (bicyclic) bond motifs is 2. The molecule has 0 bridgehead atoms. The van der Waals surface area contributed by atoms with Gasteiger partial charge in [-0.15, -0.1) is 0 Å². The largest absolute Gasteiger partial charge is 0.458 e. The number of hydrogen-bond acceptors (Lipinski definition) is 4. The van der Waals surface area contributed by atoms with E-state index in [4.69, 9.17) is 4.74 Å². The molecular weight excluding hydrogens is 244 g/mol. The van der Waals surface area contributed by atoms with E-state index >= 15 is 0 Å². The number of carbonyl (C=O) groups is 1. The van der Waals surface area contributed by atoms with Gasteiger partial charge in [0.05, 0.1) is 6.10 Å². The van der Waals surface area contributed by atoms with Gasteiger partial charge in [-0.25, -0.2) is 4.79 Å². The van der Waals surface area contributed by atoms with E-state index in [1.807, 2.05) is 6.92 Å². The lowest BCUT2D eigenvalue weighted by Gasteiger charge is -2.47. The minimum atomic E-state index is -0.786. The maximum absolute atomic E-state index is 11.6. The Bertz CT molecular complexity index is 492. The average molecular weight is 264 g/mol. The second-order valence-electron chi connectivity index (χ2n) is 6.42. The summed E-state index contributed by atoms with van der Waals surface area (Å²) in [6, 6.07) is 0. The highest BCUT2D eigenvalue weighted by molar-refractivity contribution is 5.91. The van der Waals surface area contributed by atoms with Gasteiger partial charge in [0.15, 0.2) is 0 Å². The number of aliphatic hydroxyl groups is 2. The fourth-order valence-corrected chi connectivity index (χ4v) is 4.03. The third-order valence-corrected chi connectivity index (χ3v) is 5.17. The average Bonchev–Trinajstić information content (AvgIpc) is 2.59. The summed E-state index contributed by atoms with van der Waals surface area (Å²) < 4.78 is 5.38. The van der Waals surface area contributed by atoms with Gasteiger partial charge in [0, 0.05) is 11.5 Å². The summed E-state index contributed by atoms with van der Waals surface area (Å²) in [4.78, 5) is 11.6. The van der Waals surface area contributed by atoms with Gasteiger partial charge in [-0.05, 0) is 37.2 Å². The molecule has 5 unspecified atom stereocenters. The first-order valence-corrected chi connectivity index (χ1v) is 6.79. The van der Waals surface area contributed by atoms with Crippen LogP contribution < -0.4 is 0 Å². The van der Waals surface area contributed by atoms with E-state index in [0.29, 0.717) is 24.8 Å². The molecule has 2 aliphatic carbocycles. The van der Waals surface area contributed by atoms with Crippen LogP contribution in [0.4, 0.5) is 0 Å². The number of aliphatic hydroxyl groups excluding tert-OH is 2. The van der Waals surface area contributed by atoms with Gasteiger partial charge in [-0.2, -0.15) is 0 Å². The summed E-state index contributed by atoms with van der Waals surface area (Å²) in [5.74, 6) is -0.260. The van der Waals surface area contributed by atoms with E-state index in [1.54, 1.807) is 0 Å². The zero-order valence-electron chi connectivity index (χ0n) is 11.3. The molecule has 1 saturated heterocycles. The van der Waals surface area contributed by atoms with Crippen LogP contribution in [0.15, 0.2) is 23.3 Å². The number of carbonyl (C=O) groups excluding carboxylic acids is 1. The van der Waals surface area contributed by atoms with Gasteiger partial charge in [0.2, 0.25) is 0 Å². The van der Waals surface area contributed by atoms with Crippen molar-refractivity contribution in [1.82, 2.24) is 0 Å². The first-order valence-electron chi connectivity index (χ1n) is 6.79. The fourth-order valence-electron chi connectivity index (χ4n) is 4.03. The quantitative estimate of drug-likeness (QED) is 0.393. The summed E-state index contributed by atoms with van der Waals surface area (Å²) in [7, 11) is 0. The summed E-state index contributed by atoms with van der Waals surface area (Å²) in [5.41, 5.74) is 2.39. The molecule has 0 aromatic rings. The van der Waals surface area contributed by atoms with Crippen molar-refractivity contribution in [2.75, 3.05) is 0 Å². The zero-order chi connectivity index (χ0) is 13.9. The van der Waals surface area contributed by atoms with Gasteiger partial charge in [0.1, 0.15) is 12.2 Å². The number of allylic oxidation sites excluding steroid dienone is 1. The second kappa shape index (κ2) is 3.93. The van der Waals surface area contributed by atoms with Crippen LogP contribution in [0, 0.1) is 11.3 Å². The van der Waals surface area contributed by atoms with Gasteiger partial charge < -0.3 is 14.9 Å². The fraction of sp³-hybridized carbons (Fsp3) is 0.667. The molecule has 2 fully saturated rings. The maximum Gasteiger partial charge on any atom is 0.334 e. The number of rotatable bonds is 0. The van der Waals surface area contributed by atoms with Crippen LogP contribution in [0.2, 0.25) is 0 Å². The van der Waals surface area contributed by atoms with E-state index in [9.17, 15) is 15.0 Å². The summed E-state index contributed by atoms with van der Waals surface area (Å²) >= 11 is 0. The van der Waals surface area contributed by atoms with Crippen molar-refractivity contribution >= 4 is 5.97 Å². The Hall–Kier alpha value is -1.13. The molecule has 0 spiro atoms. The lowest BCUT2D eigenvalue weighted by molar-refractivity contribution is -0.141. The Morgan fingerprint density at radius 1 is 1.37 bits per heavy atom. The molecule has 3 aliphatic rings. The monoisotopic (exact) mass is 264 g/mol. The molecule has 1 aliphatic heterocycles. The van der Waals surface area contributed by atoms with E-state index in [2.05, 4.69) is 13.5 Å². The Labute approximate surface area is 112 Å². The highest BCUT2D eigenvalue weighted by atomic mass is 16.6. The van der Waals surface area contributed by atoms with Crippen molar-refractivity contribution in [1.29, 1.82) is 0 Å². The minimum absolute atomic E-state index is 0.0352. The zero-order valence-corrected chi connectivity index (χ0v) is 11.3. The Morgan fingerprint density at radius 2 is 2.05 bits per heavy atom. The molecule has 2 N–H and O–H groups in total. The van der Waals surface area contributed by atoms with E-state index in [1.165, 1.54) is 5.57 Å². The lowest BCUT2D eigenvalue weighted by Crippen LogP contribution is -2.46. The predicted molar refractivity (Wildman–Crippen MR) is 69.2 cm³/mol. The van der Waals surface area contributed by atoms with Crippen LogP contribution in [-0.4, -0.2) is 34.5 Å². The van der Waals surface area contributed by atoms with Crippen LogP contribution in [0.1, 0.15) is 33.1 Å². The first-order chi connectivity index (χ1) is 8.83. The van der Waals surface area contributed by atoms with Gasteiger partial charge in [0.25, 0.3) is 0 Å². The van der Waals surface area contributed by atoms with Crippen LogP contribution in [0.25, 0.3) is 0 Å². The Morgan fingerprint density at radius 3 is 2.74 bits per heavy atom. The van der Waals surface area contributed by atoms with Crippen LogP contribution in [-0.2, 0) is 9.53 Å². The first kappa shape index (κ1) is 12.9. The molecule has 0 aromatic carbocycles. The highest BCUT2D eigenvalue weighted by Gasteiger charge is 2.52. The van der Waals surface area contributed by atoms with Crippen molar-refractivity contribution in [3.63, 3.8) is 0 Å². The molecule has 104 valence electrons. The van der Waals surface area contributed by atoms with Gasteiger partial charge in [-0.3, -0.25) is 0 Å². The third-order valence-electron chi connectivity index (χ3n) is 5.17. The van der Waals surface area contributed by atoms with Crippen LogP contribution >= 0.6 is 0 Å². The summed E-state index contributed by atoms with van der Waals surface area (Å²) in [6.45, 7) is 7.80. The van der Waals surface area contributed by atoms with E-state index < -0.39 is 12.2 Å². The minimum Gasteiger partial charge on any atom is -0.458 e. The van der Waals surface area contributed by atoms with Crippen LogP contribution in [0.3, 0.4) is 0 Å². The molecule has 1 saturated carbocycles. The molecule has 1 heterocycles. The number of esters is 1. The highest BCUT2D eigenvalue weighted by Crippen LogP contribution is 2.54. The maximum atomic E-state index is 11.6. The number of ether oxygens (including phenoxy) is 1. The summed E-state index contributed by atoms with van der Waals surface area (Å²) in [5, 5.41) is 20.0. The normalized spacial score (nSPS) is 45.9. The Balaban J connectivity index is 2.01. The molecule has 4 heteroatoms. The van der Waals surface area contributed by atoms with Gasteiger partial charge >= 0.3 is 5.97 Å². The molecule has 5 atom stereocenters. The topological polar surface area (TPSA) is 66.8 Å². The SMILES string of the molecule is C=C1C(=O)OC2CC3(C)CC(O)C(O)C(C)=C3CC12. The number of hydrogen-bond donors (Lipinski definition) is 2. The molecule has 0 radical (unpaired) electrons. The van der Waals surface area contributed by atoms with E-state index in [-0.39, 0.29) is 23.4 Å². The predicted octanol–water partition coefficient (Wildman–Crippen LogP) is 1.33. The van der Waals surface area contributed by atoms with Crippen molar-refractivity contribution < 1.29 is 19.7 Å². The molecule has 0 aromatic heterocycles. The molecule has 4 nitrogen and oxygen atoms in total. The van der Waals surface area contributed by atoms with Crippen molar-refractivity contribution in [2.45, 2.75) is 51.4 Å². The third kappa shape index (κ3) is 1.70. The smallest absolute Gasteiger partial charge is 0.334 e. The second-order valence-corrected chi connectivity index (χ2v) is 6.42. The molecule has 3 rings (SSSR count). The van der Waals surface area contributed by atoms with Crippen molar-refractivity contribution in [2.24, 2.45) is 11.3 Å². The standard InChI is InChI=1S/C15H20O4/c1-7-9-4-10-8(2)13(17)11(16)5-15(10,3)6-12(9)19-14(7)18/h9,11-13,16-17H,1,4-6H2,2-3H3. The molecule has 0 amide bonds. The van der Waals surface area contributed by atoms with E-state index in [0.717, 1.165) is 5.57 Å². The lowest BCUT2D eigenvalue weighted by atomic mass is 9.59. The summed E-state index contributed by atoms with van der Waals surface area (Å²) in [6.07, 6.45) is 0.300. The Kier molecular flexibility index (Phi) is 2.67.